The lowest BCUT2D eigenvalue weighted by molar-refractivity contribution is 0.0696. The van der Waals surface area contributed by atoms with E-state index in [0.29, 0.717) is 11.5 Å². The SMILES string of the molecule is CCCCN(CC)c1ncc(C(=O)O)cc1N. The molecule has 1 aromatic rings. The summed E-state index contributed by atoms with van der Waals surface area (Å²) in [5.41, 5.74) is 6.38. The second kappa shape index (κ2) is 6.08. The minimum absolute atomic E-state index is 0.123. The van der Waals surface area contributed by atoms with Crippen molar-refractivity contribution < 1.29 is 9.90 Å². The molecule has 0 radical (unpaired) electrons. The molecular formula is C12H19N3O2. The predicted octanol–water partition coefficient (Wildman–Crippen LogP) is 1.99. The quantitative estimate of drug-likeness (QED) is 0.791. The number of anilines is 2. The first-order valence-corrected chi connectivity index (χ1v) is 5.83. The van der Waals surface area contributed by atoms with Gasteiger partial charge in [-0.3, -0.25) is 0 Å². The highest BCUT2D eigenvalue weighted by atomic mass is 16.4. The maximum absolute atomic E-state index is 10.8. The van der Waals surface area contributed by atoms with Crippen molar-refractivity contribution in [1.82, 2.24) is 4.98 Å². The van der Waals surface area contributed by atoms with Crippen molar-refractivity contribution in [1.29, 1.82) is 0 Å². The molecule has 1 rings (SSSR count). The zero-order chi connectivity index (χ0) is 12.8. The van der Waals surface area contributed by atoms with E-state index in [4.69, 9.17) is 10.8 Å². The van der Waals surface area contributed by atoms with Crippen molar-refractivity contribution >= 4 is 17.5 Å². The van der Waals surface area contributed by atoms with Crippen LogP contribution in [0.5, 0.6) is 0 Å². The van der Waals surface area contributed by atoms with Gasteiger partial charge < -0.3 is 15.7 Å². The lowest BCUT2D eigenvalue weighted by Crippen LogP contribution is -2.26. The number of unbranched alkanes of at least 4 members (excludes halogenated alkanes) is 1. The number of carboxylic acid groups (broad SMARTS) is 1. The topological polar surface area (TPSA) is 79.5 Å². The second-order valence-electron chi connectivity index (χ2n) is 3.88. The average Bonchev–Trinajstić information content (AvgIpc) is 2.31. The van der Waals surface area contributed by atoms with E-state index < -0.39 is 5.97 Å². The molecule has 1 aromatic heterocycles. The highest BCUT2D eigenvalue weighted by Gasteiger charge is 2.12. The summed E-state index contributed by atoms with van der Waals surface area (Å²) in [6, 6.07) is 1.46. The Kier molecular flexibility index (Phi) is 4.75. The lowest BCUT2D eigenvalue weighted by atomic mass is 10.2. The van der Waals surface area contributed by atoms with E-state index in [2.05, 4.69) is 16.8 Å². The maximum Gasteiger partial charge on any atom is 0.337 e. The Bertz CT molecular complexity index is 393. The molecule has 0 atom stereocenters. The molecule has 0 unspecified atom stereocenters. The molecule has 0 aromatic carbocycles. The van der Waals surface area contributed by atoms with Crippen molar-refractivity contribution in [2.75, 3.05) is 23.7 Å². The molecule has 94 valence electrons. The standard InChI is InChI=1S/C12H19N3O2/c1-3-5-6-15(4-2)11-10(13)7-9(8-14-11)12(16)17/h7-8H,3-6,13H2,1-2H3,(H,16,17). The summed E-state index contributed by atoms with van der Waals surface area (Å²) in [6.45, 7) is 5.85. The van der Waals surface area contributed by atoms with Crippen LogP contribution in [0.1, 0.15) is 37.0 Å². The molecule has 5 nitrogen and oxygen atoms in total. The van der Waals surface area contributed by atoms with Gasteiger partial charge in [0.1, 0.15) is 0 Å². The molecule has 0 aliphatic heterocycles. The highest BCUT2D eigenvalue weighted by molar-refractivity contribution is 5.89. The first-order chi connectivity index (χ1) is 8.10. The fourth-order valence-electron chi connectivity index (χ4n) is 1.62. The number of nitrogens with zero attached hydrogens (tertiary/aromatic N) is 2. The Balaban J connectivity index is 2.92. The number of hydrogen-bond donors (Lipinski definition) is 2. The molecule has 0 bridgehead atoms. The van der Waals surface area contributed by atoms with Crippen LogP contribution < -0.4 is 10.6 Å². The first-order valence-electron chi connectivity index (χ1n) is 5.83. The van der Waals surface area contributed by atoms with E-state index in [1.165, 1.54) is 12.3 Å². The molecule has 0 saturated heterocycles. The third kappa shape index (κ3) is 3.34. The van der Waals surface area contributed by atoms with Gasteiger partial charge in [0, 0.05) is 19.3 Å². The fourth-order valence-corrected chi connectivity index (χ4v) is 1.62. The summed E-state index contributed by atoms with van der Waals surface area (Å²) in [5, 5.41) is 8.83. The summed E-state index contributed by atoms with van der Waals surface area (Å²) in [4.78, 5) is 17.0. The van der Waals surface area contributed by atoms with Crippen LogP contribution in [0.4, 0.5) is 11.5 Å². The van der Waals surface area contributed by atoms with Crippen LogP contribution in [0.2, 0.25) is 0 Å². The number of carboxylic acids is 1. The second-order valence-corrected chi connectivity index (χ2v) is 3.88. The molecule has 5 heteroatoms. The van der Waals surface area contributed by atoms with E-state index >= 15 is 0 Å². The van der Waals surface area contributed by atoms with Crippen LogP contribution in [0.15, 0.2) is 12.3 Å². The van der Waals surface area contributed by atoms with Gasteiger partial charge in [-0.15, -0.1) is 0 Å². The lowest BCUT2D eigenvalue weighted by Gasteiger charge is -2.23. The van der Waals surface area contributed by atoms with Gasteiger partial charge in [0.05, 0.1) is 11.3 Å². The molecule has 3 N–H and O–H groups in total. The Morgan fingerprint density at radius 1 is 1.53 bits per heavy atom. The Morgan fingerprint density at radius 3 is 2.71 bits per heavy atom. The molecular weight excluding hydrogens is 218 g/mol. The fraction of sp³-hybridized carbons (Fsp3) is 0.500. The number of aromatic carboxylic acids is 1. The summed E-state index contributed by atoms with van der Waals surface area (Å²) in [7, 11) is 0. The minimum Gasteiger partial charge on any atom is -0.478 e. The molecule has 0 aliphatic carbocycles. The predicted molar refractivity (Wildman–Crippen MR) is 68.4 cm³/mol. The van der Waals surface area contributed by atoms with Gasteiger partial charge in [0.2, 0.25) is 0 Å². The van der Waals surface area contributed by atoms with Crippen LogP contribution in [0, 0.1) is 0 Å². The number of pyridine rings is 1. The molecule has 0 amide bonds. The summed E-state index contributed by atoms with van der Waals surface area (Å²) in [5.74, 6) is -0.335. The van der Waals surface area contributed by atoms with Gasteiger partial charge in [-0.2, -0.15) is 0 Å². The van der Waals surface area contributed by atoms with Gasteiger partial charge in [0.25, 0.3) is 0 Å². The number of hydrogen-bond acceptors (Lipinski definition) is 4. The van der Waals surface area contributed by atoms with Crippen LogP contribution in [0.3, 0.4) is 0 Å². The van der Waals surface area contributed by atoms with Gasteiger partial charge in [0.15, 0.2) is 5.82 Å². The van der Waals surface area contributed by atoms with E-state index in [-0.39, 0.29) is 5.56 Å². The largest absolute Gasteiger partial charge is 0.478 e. The van der Waals surface area contributed by atoms with Crippen LogP contribution >= 0.6 is 0 Å². The monoisotopic (exact) mass is 237 g/mol. The molecule has 17 heavy (non-hydrogen) atoms. The molecule has 0 spiro atoms. The molecule has 1 heterocycles. The third-order valence-corrected chi connectivity index (χ3v) is 2.60. The van der Waals surface area contributed by atoms with Crippen molar-refractivity contribution in [2.24, 2.45) is 0 Å². The molecule has 0 fully saturated rings. The van der Waals surface area contributed by atoms with E-state index in [0.717, 1.165) is 25.9 Å². The number of nitrogens with two attached hydrogens (primary N) is 1. The Hall–Kier alpha value is -1.78. The Labute approximate surface area is 101 Å². The molecule has 0 saturated carbocycles. The summed E-state index contributed by atoms with van der Waals surface area (Å²) >= 11 is 0. The van der Waals surface area contributed by atoms with E-state index in [9.17, 15) is 4.79 Å². The minimum atomic E-state index is -1.01. The van der Waals surface area contributed by atoms with Crippen LogP contribution in [-0.4, -0.2) is 29.1 Å². The Morgan fingerprint density at radius 2 is 2.24 bits per heavy atom. The van der Waals surface area contributed by atoms with E-state index in [1.807, 2.05) is 6.92 Å². The van der Waals surface area contributed by atoms with Gasteiger partial charge in [-0.05, 0) is 19.4 Å². The zero-order valence-electron chi connectivity index (χ0n) is 10.3. The maximum atomic E-state index is 10.8. The van der Waals surface area contributed by atoms with Gasteiger partial charge in [-0.1, -0.05) is 13.3 Å². The number of nitrogen functional groups attached to an aromatic ring is 1. The van der Waals surface area contributed by atoms with Crippen molar-refractivity contribution in [3.8, 4) is 0 Å². The smallest absolute Gasteiger partial charge is 0.337 e. The average molecular weight is 237 g/mol. The molecule has 0 aliphatic rings. The summed E-state index contributed by atoms with van der Waals surface area (Å²) in [6.07, 6.45) is 3.52. The number of aromatic nitrogens is 1. The number of carbonyl (C=O) groups is 1. The zero-order valence-corrected chi connectivity index (χ0v) is 10.3. The van der Waals surface area contributed by atoms with Crippen LogP contribution in [-0.2, 0) is 0 Å². The van der Waals surface area contributed by atoms with Crippen molar-refractivity contribution in [3.63, 3.8) is 0 Å². The summed E-state index contributed by atoms with van der Waals surface area (Å²) < 4.78 is 0. The number of rotatable bonds is 6. The highest BCUT2D eigenvalue weighted by Crippen LogP contribution is 2.21. The first kappa shape index (κ1) is 13.3. The normalized spacial score (nSPS) is 10.2. The van der Waals surface area contributed by atoms with Gasteiger partial charge >= 0.3 is 5.97 Å². The van der Waals surface area contributed by atoms with Crippen LogP contribution in [0.25, 0.3) is 0 Å². The third-order valence-electron chi connectivity index (χ3n) is 2.60. The van der Waals surface area contributed by atoms with E-state index in [1.54, 1.807) is 0 Å². The van der Waals surface area contributed by atoms with Crippen molar-refractivity contribution in [2.45, 2.75) is 26.7 Å². The van der Waals surface area contributed by atoms with Gasteiger partial charge in [-0.25, -0.2) is 9.78 Å². The van der Waals surface area contributed by atoms with Crippen molar-refractivity contribution in [3.05, 3.63) is 17.8 Å².